The first kappa shape index (κ1) is 36.7. The number of para-hydroxylation sites is 3. The molecular weight excluding hydrogens is 759 g/mol. The average molecular weight is 798 g/mol. The Hall–Kier alpha value is -8.34. The van der Waals surface area contributed by atoms with Gasteiger partial charge >= 0.3 is 0 Å². The summed E-state index contributed by atoms with van der Waals surface area (Å²) in [6.07, 6.45) is 0. The van der Waals surface area contributed by atoms with Crippen molar-refractivity contribution in [2.24, 2.45) is 0 Å². The number of nitrogens with zero attached hydrogens (tertiary/aromatic N) is 1. The van der Waals surface area contributed by atoms with Gasteiger partial charge in [-0.3, -0.25) is 0 Å². The molecule has 10 aromatic carbocycles. The van der Waals surface area contributed by atoms with E-state index in [-0.39, 0.29) is 11.5 Å². The minimum Gasteiger partial charge on any atom is -0.507 e. The highest BCUT2D eigenvalue weighted by atomic mass is 16.3. The lowest BCUT2D eigenvalue weighted by atomic mass is 9.90. The van der Waals surface area contributed by atoms with Crippen molar-refractivity contribution in [3.05, 3.63) is 224 Å². The summed E-state index contributed by atoms with van der Waals surface area (Å²) in [4.78, 5) is 2.24. The van der Waals surface area contributed by atoms with Gasteiger partial charge in [-0.2, -0.15) is 0 Å². The Morgan fingerprint density at radius 3 is 1.74 bits per heavy atom. The topological polar surface area (TPSA) is 56.8 Å². The van der Waals surface area contributed by atoms with Crippen molar-refractivity contribution in [2.45, 2.75) is 0 Å². The summed E-state index contributed by atoms with van der Waals surface area (Å²) < 4.78 is 6.79. The predicted molar refractivity (Wildman–Crippen MR) is 256 cm³/mol. The van der Waals surface area contributed by atoms with Gasteiger partial charge in [0, 0.05) is 38.7 Å². The summed E-state index contributed by atoms with van der Waals surface area (Å²) in [6.45, 7) is 0. The Morgan fingerprint density at radius 2 is 0.952 bits per heavy atom. The van der Waals surface area contributed by atoms with Crippen molar-refractivity contribution in [3.63, 3.8) is 0 Å². The van der Waals surface area contributed by atoms with Crippen LogP contribution in [0.25, 0.3) is 88.3 Å². The average Bonchev–Trinajstić information content (AvgIpc) is 3.72. The van der Waals surface area contributed by atoms with Crippen LogP contribution in [0.15, 0.2) is 229 Å². The lowest BCUT2D eigenvalue weighted by Gasteiger charge is -2.31. The number of furan rings is 1. The quantitative estimate of drug-likeness (QED) is 0.161. The first-order valence-corrected chi connectivity index (χ1v) is 20.8. The number of hydrogen-bond acceptors (Lipinski definition) is 4. The molecule has 0 radical (unpaired) electrons. The highest BCUT2D eigenvalue weighted by Gasteiger charge is 2.28. The maximum atomic E-state index is 12.3. The number of rotatable bonds is 8. The summed E-state index contributed by atoms with van der Waals surface area (Å²) in [5, 5.41) is 28.3. The molecule has 0 aliphatic rings. The smallest absolute Gasteiger partial charge is 0.159 e. The Balaban J connectivity index is 1.20. The lowest BCUT2D eigenvalue weighted by molar-refractivity contribution is 0.477. The van der Waals surface area contributed by atoms with Crippen LogP contribution in [0.5, 0.6) is 11.5 Å². The van der Waals surface area contributed by atoms with Crippen LogP contribution >= 0.6 is 0 Å². The van der Waals surface area contributed by atoms with E-state index in [2.05, 4.69) is 120 Å². The Labute approximate surface area is 359 Å². The standard InChI is InChI=1S/C58H39NO3/c60-53-35-34-47(43-20-11-21-44(37-43)49-24-12-23-48(57(49)61)41-17-5-2-6-18-41)56(55(53)45-29-28-39-16-7-8-19-42(39)36-45)59(46-32-30-40(31-33-46)38-14-3-1-4-15-38)52-26-13-25-51-50-22-9-10-27-54(50)62-58(51)52/h1-37,60-61H. The molecule has 0 saturated heterocycles. The second-order valence-corrected chi connectivity index (χ2v) is 15.6. The molecule has 0 fully saturated rings. The Bertz CT molecular complexity index is 3430. The zero-order valence-electron chi connectivity index (χ0n) is 33.6. The van der Waals surface area contributed by atoms with Gasteiger partial charge in [0.05, 0.1) is 11.4 Å². The summed E-state index contributed by atoms with van der Waals surface area (Å²) in [6, 6.07) is 76.0. The van der Waals surface area contributed by atoms with E-state index in [4.69, 9.17) is 4.42 Å². The first-order chi connectivity index (χ1) is 30.6. The third-order valence-electron chi connectivity index (χ3n) is 11.9. The number of benzene rings is 10. The monoisotopic (exact) mass is 797 g/mol. The molecule has 0 spiro atoms. The van der Waals surface area contributed by atoms with E-state index in [9.17, 15) is 10.2 Å². The van der Waals surface area contributed by atoms with Gasteiger partial charge in [0.1, 0.15) is 17.1 Å². The molecule has 4 heteroatoms. The van der Waals surface area contributed by atoms with Crippen LogP contribution in [-0.2, 0) is 0 Å². The Morgan fingerprint density at radius 1 is 0.371 bits per heavy atom. The van der Waals surface area contributed by atoms with Crippen molar-refractivity contribution < 1.29 is 14.6 Å². The zero-order valence-corrected chi connectivity index (χ0v) is 33.6. The summed E-state index contributed by atoms with van der Waals surface area (Å²) in [5.74, 6) is 0.362. The molecule has 4 nitrogen and oxygen atoms in total. The Kier molecular flexibility index (Phi) is 9.10. The first-order valence-electron chi connectivity index (χ1n) is 20.8. The fourth-order valence-electron chi connectivity index (χ4n) is 8.89. The summed E-state index contributed by atoms with van der Waals surface area (Å²) in [7, 11) is 0. The van der Waals surface area contributed by atoms with Crippen LogP contribution in [0.4, 0.5) is 17.1 Å². The zero-order chi connectivity index (χ0) is 41.6. The normalized spacial score (nSPS) is 11.4. The van der Waals surface area contributed by atoms with Crippen molar-refractivity contribution in [1.29, 1.82) is 0 Å². The number of phenols is 2. The fraction of sp³-hybridized carbons (Fsp3) is 0. The molecule has 0 unspecified atom stereocenters. The maximum Gasteiger partial charge on any atom is 0.159 e. The molecule has 294 valence electrons. The van der Waals surface area contributed by atoms with E-state index < -0.39 is 0 Å². The van der Waals surface area contributed by atoms with Gasteiger partial charge in [-0.25, -0.2) is 0 Å². The van der Waals surface area contributed by atoms with Crippen LogP contribution < -0.4 is 4.90 Å². The second kappa shape index (κ2) is 15.4. The third-order valence-corrected chi connectivity index (χ3v) is 11.9. The van der Waals surface area contributed by atoms with E-state index in [0.29, 0.717) is 5.56 Å². The summed E-state index contributed by atoms with van der Waals surface area (Å²) >= 11 is 0. The second-order valence-electron chi connectivity index (χ2n) is 15.6. The molecule has 1 aromatic heterocycles. The van der Waals surface area contributed by atoms with Gasteiger partial charge in [-0.15, -0.1) is 0 Å². The van der Waals surface area contributed by atoms with Crippen LogP contribution in [0.3, 0.4) is 0 Å². The van der Waals surface area contributed by atoms with Gasteiger partial charge in [0.25, 0.3) is 0 Å². The van der Waals surface area contributed by atoms with Gasteiger partial charge in [0.15, 0.2) is 5.58 Å². The number of aromatic hydroxyl groups is 2. The van der Waals surface area contributed by atoms with Crippen LogP contribution in [0.2, 0.25) is 0 Å². The largest absolute Gasteiger partial charge is 0.507 e. The van der Waals surface area contributed by atoms with Gasteiger partial charge in [-0.1, -0.05) is 176 Å². The van der Waals surface area contributed by atoms with E-state index in [1.807, 2.05) is 103 Å². The molecule has 1 heterocycles. The fourth-order valence-corrected chi connectivity index (χ4v) is 8.89. The predicted octanol–water partition coefficient (Wildman–Crippen LogP) is 16.0. The minimum atomic E-state index is 0.145. The molecule has 0 aliphatic carbocycles. The highest BCUT2D eigenvalue weighted by molar-refractivity contribution is 6.12. The van der Waals surface area contributed by atoms with Crippen LogP contribution in [0.1, 0.15) is 0 Å². The highest BCUT2D eigenvalue weighted by Crippen LogP contribution is 2.53. The van der Waals surface area contributed by atoms with E-state index in [1.54, 1.807) is 6.07 Å². The number of phenolic OH excluding ortho intramolecular Hbond substituents is 2. The number of fused-ring (bicyclic) bond motifs is 4. The van der Waals surface area contributed by atoms with Crippen molar-refractivity contribution in [1.82, 2.24) is 0 Å². The third kappa shape index (κ3) is 6.42. The van der Waals surface area contributed by atoms with E-state index in [1.165, 1.54) is 0 Å². The molecule has 0 bridgehead atoms. The van der Waals surface area contributed by atoms with Crippen molar-refractivity contribution in [2.75, 3.05) is 4.90 Å². The molecule has 0 atom stereocenters. The molecule has 0 saturated carbocycles. The maximum absolute atomic E-state index is 12.3. The van der Waals surface area contributed by atoms with Crippen LogP contribution in [0, 0.1) is 0 Å². The van der Waals surface area contributed by atoms with Crippen LogP contribution in [-0.4, -0.2) is 10.2 Å². The molecule has 0 aliphatic heterocycles. The van der Waals surface area contributed by atoms with Gasteiger partial charge < -0.3 is 19.5 Å². The molecule has 62 heavy (non-hydrogen) atoms. The number of anilines is 3. The molecular formula is C58H39NO3. The molecule has 0 amide bonds. The number of hydrogen-bond donors (Lipinski definition) is 2. The summed E-state index contributed by atoms with van der Waals surface area (Å²) in [5.41, 5.74) is 12.9. The van der Waals surface area contributed by atoms with Crippen molar-refractivity contribution in [3.8, 4) is 67.1 Å². The molecule has 11 rings (SSSR count). The van der Waals surface area contributed by atoms with E-state index in [0.717, 1.165) is 99.8 Å². The SMILES string of the molecule is Oc1ccc(-c2cccc(-c3cccc(-c4ccccc4)c3O)c2)c(N(c2ccc(-c3ccccc3)cc2)c2cccc3c2oc2ccccc23)c1-c1ccc2ccccc2c1. The van der Waals surface area contributed by atoms with E-state index >= 15 is 0 Å². The lowest BCUT2D eigenvalue weighted by Crippen LogP contribution is -2.13. The van der Waals surface area contributed by atoms with Crippen molar-refractivity contribution >= 4 is 49.8 Å². The van der Waals surface area contributed by atoms with Gasteiger partial charge in [0.2, 0.25) is 0 Å². The minimum absolute atomic E-state index is 0.145. The molecule has 2 N–H and O–H groups in total. The molecule has 11 aromatic rings. The van der Waals surface area contributed by atoms with Gasteiger partial charge in [-0.05, 0) is 92.7 Å².